The van der Waals surface area contributed by atoms with Gasteiger partial charge in [0.2, 0.25) is 0 Å². The monoisotopic (exact) mass is 714 g/mol. The van der Waals surface area contributed by atoms with Gasteiger partial charge in [-0.15, -0.1) is 0 Å². The third-order valence-electron chi connectivity index (χ3n) is 10.9. The number of unbranched alkanes of at least 4 members (excludes halogenated alkanes) is 10. The van der Waals surface area contributed by atoms with E-state index < -0.39 is 23.3 Å². The van der Waals surface area contributed by atoms with Crippen molar-refractivity contribution in [1.29, 1.82) is 0 Å². The minimum atomic E-state index is -0.859. The van der Waals surface area contributed by atoms with Crippen molar-refractivity contribution in [3.8, 4) is 0 Å². The minimum Gasteiger partial charge on any atom is -0.481 e. The van der Waals surface area contributed by atoms with Gasteiger partial charge >= 0.3 is 12.0 Å². The molecule has 3 rings (SSSR count). The van der Waals surface area contributed by atoms with Gasteiger partial charge in [0, 0.05) is 47.3 Å². The van der Waals surface area contributed by atoms with Crippen LogP contribution in [0, 0.1) is 11.3 Å². The maximum Gasteiger partial charge on any atom is 0.315 e. The SMILES string of the molecule is CCCCCCCCC=CCCCCCCC(C)NC(=O)NC1CCCCC1C(CCC(=O)O)c1cc(C(=O)C2OC(C)(C)OCC2(C)C)c[nH]1. The van der Waals surface area contributed by atoms with Crippen LogP contribution < -0.4 is 10.6 Å². The zero-order valence-corrected chi connectivity index (χ0v) is 32.8. The lowest BCUT2D eigenvalue weighted by Crippen LogP contribution is -2.53. The number of amides is 2. The Hall–Kier alpha value is -2.65. The molecule has 0 spiro atoms. The molecule has 51 heavy (non-hydrogen) atoms. The number of carboxylic acids is 1. The number of ketones is 1. The van der Waals surface area contributed by atoms with Crippen LogP contribution in [0.1, 0.15) is 186 Å². The van der Waals surface area contributed by atoms with Crippen molar-refractivity contribution < 1.29 is 29.0 Å². The van der Waals surface area contributed by atoms with Crippen LogP contribution in [0.4, 0.5) is 4.79 Å². The molecule has 1 aromatic heterocycles. The van der Waals surface area contributed by atoms with Gasteiger partial charge in [-0.3, -0.25) is 9.59 Å². The molecular weight excluding hydrogens is 642 g/mol. The van der Waals surface area contributed by atoms with Gasteiger partial charge in [0.15, 0.2) is 11.6 Å². The summed E-state index contributed by atoms with van der Waals surface area (Å²) in [5.41, 5.74) is 0.858. The quantitative estimate of drug-likeness (QED) is 0.0507. The number of carbonyl (C=O) groups excluding carboxylic acids is 2. The van der Waals surface area contributed by atoms with Crippen molar-refractivity contribution in [3.63, 3.8) is 0 Å². The van der Waals surface area contributed by atoms with E-state index in [1.54, 1.807) is 6.20 Å². The second-order valence-corrected chi connectivity index (χ2v) is 16.5. The Bertz CT molecular complexity index is 1220. The first-order chi connectivity index (χ1) is 24.3. The number of aromatic nitrogens is 1. The van der Waals surface area contributed by atoms with Gasteiger partial charge in [0.25, 0.3) is 0 Å². The smallest absolute Gasteiger partial charge is 0.315 e. The summed E-state index contributed by atoms with van der Waals surface area (Å²) in [4.78, 5) is 42.0. The summed E-state index contributed by atoms with van der Waals surface area (Å²) < 4.78 is 11.9. The van der Waals surface area contributed by atoms with E-state index in [1.807, 2.05) is 33.8 Å². The Balaban J connectivity index is 1.48. The lowest BCUT2D eigenvalue weighted by molar-refractivity contribution is -0.298. The van der Waals surface area contributed by atoms with Crippen LogP contribution in [-0.2, 0) is 14.3 Å². The fraction of sp³-hybridized carbons (Fsp3) is 0.786. The summed E-state index contributed by atoms with van der Waals surface area (Å²) in [6.45, 7) is 12.3. The maximum atomic E-state index is 13.7. The number of ether oxygens (including phenoxy) is 2. The van der Waals surface area contributed by atoms with Gasteiger partial charge in [-0.25, -0.2) is 4.79 Å². The molecule has 0 radical (unpaired) electrons. The van der Waals surface area contributed by atoms with E-state index in [0.29, 0.717) is 18.6 Å². The molecule has 2 heterocycles. The van der Waals surface area contributed by atoms with Crippen LogP contribution in [-0.4, -0.2) is 58.5 Å². The lowest BCUT2D eigenvalue weighted by atomic mass is 9.73. The number of allylic oxidation sites excluding steroid dienone is 2. The number of urea groups is 1. The van der Waals surface area contributed by atoms with E-state index >= 15 is 0 Å². The highest BCUT2D eigenvalue weighted by Gasteiger charge is 2.46. The first kappa shape index (κ1) is 42.8. The molecule has 0 aromatic carbocycles. The second-order valence-electron chi connectivity index (χ2n) is 16.5. The van der Waals surface area contributed by atoms with Gasteiger partial charge < -0.3 is 30.2 Å². The topological polar surface area (TPSA) is 130 Å². The van der Waals surface area contributed by atoms with Gasteiger partial charge in [-0.1, -0.05) is 97.1 Å². The number of carbonyl (C=O) groups is 3. The predicted molar refractivity (Wildman–Crippen MR) is 205 cm³/mol. The zero-order chi connectivity index (χ0) is 37.3. The lowest BCUT2D eigenvalue weighted by Gasteiger charge is -2.44. The van der Waals surface area contributed by atoms with E-state index in [9.17, 15) is 19.5 Å². The average Bonchev–Trinajstić information content (AvgIpc) is 3.56. The Morgan fingerprint density at radius 2 is 1.59 bits per heavy atom. The summed E-state index contributed by atoms with van der Waals surface area (Å²) in [7, 11) is 0. The molecule has 1 aromatic rings. The van der Waals surface area contributed by atoms with Crippen molar-refractivity contribution in [3.05, 3.63) is 35.7 Å². The Morgan fingerprint density at radius 3 is 2.27 bits per heavy atom. The van der Waals surface area contributed by atoms with Crippen LogP contribution in [0.25, 0.3) is 0 Å². The summed E-state index contributed by atoms with van der Waals surface area (Å²) in [5.74, 6) is -1.92. The van der Waals surface area contributed by atoms with E-state index in [2.05, 4.69) is 41.6 Å². The number of nitrogens with one attached hydrogen (secondary N) is 3. The van der Waals surface area contributed by atoms with E-state index in [1.165, 1.54) is 64.2 Å². The fourth-order valence-corrected chi connectivity index (χ4v) is 7.79. The van der Waals surface area contributed by atoms with Crippen LogP contribution in [0.15, 0.2) is 24.4 Å². The minimum absolute atomic E-state index is 0.0131. The Kier molecular flexibility index (Phi) is 18.3. The molecule has 0 bridgehead atoms. The second kappa shape index (κ2) is 21.8. The summed E-state index contributed by atoms with van der Waals surface area (Å²) in [5, 5.41) is 16.0. The average molecular weight is 714 g/mol. The van der Waals surface area contributed by atoms with Crippen molar-refractivity contribution in [2.24, 2.45) is 11.3 Å². The number of rotatable bonds is 23. The third-order valence-corrected chi connectivity index (χ3v) is 10.9. The Morgan fingerprint density at radius 1 is 0.941 bits per heavy atom. The highest BCUT2D eigenvalue weighted by atomic mass is 16.7. The summed E-state index contributed by atoms with van der Waals surface area (Å²) >= 11 is 0. The molecule has 2 aliphatic rings. The van der Waals surface area contributed by atoms with E-state index in [4.69, 9.17) is 9.47 Å². The molecule has 5 unspecified atom stereocenters. The molecular formula is C42H71N3O6. The normalized spacial score (nSPS) is 22.7. The summed E-state index contributed by atoms with van der Waals surface area (Å²) in [6.07, 6.45) is 26.0. The number of hydrogen-bond acceptors (Lipinski definition) is 5. The van der Waals surface area contributed by atoms with Gasteiger partial charge in [0.05, 0.1) is 6.61 Å². The number of carboxylic acid groups (broad SMARTS) is 1. The van der Waals surface area contributed by atoms with Crippen LogP contribution in [0.2, 0.25) is 0 Å². The van der Waals surface area contributed by atoms with Gasteiger partial charge in [0.1, 0.15) is 6.10 Å². The zero-order valence-electron chi connectivity index (χ0n) is 32.8. The molecule has 2 amide bonds. The molecule has 4 N–H and O–H groups in total. The van der Waals surface area contributed by atoms with Crippen molar-refractivity contribution in [2.45, 2.75) is 193 Å². The van der Waals surface area contributed by atoms with Crippen LogP contribution >= 0.6 is 0 Å². The van der Waals surface area contributed by atoms with E-state index in [-0.39, 0.29) is 42.2 Å². The van der Waals surface area contributed by atoms with Gasteiger partial charge in [-0.05, 0) is 84.1 Å². The fourth-order valence-electron chi connectivity index (χ4n) is 7.79. The maximum absolute atomic E-state index is 13.7. The van der Waals surface area contributed by atoms with E-state index in [0.717, 1.165) is 50.6 Å². The molecule has 1 saturated heterocycles. The largest absolute Gasteiger partial charge is 0.481 e. The molecule has 9 heteroatoms. The van der Waals surface area contributed by atoms with Crippen LogP contribution in [0.3, 0.4) is 0 Å². The first-order valence-corrected chi connectivity index (χ1v) is 20.3. The molecule has 1 aliphatic carbocycles. The van der Waals surface area contributed by atoms with Crippen molar-refractivity contribution in [1.82, 2.24) is 15.6 Å². The summed E-state index contributed by atoms with van der Waals surface area (Å²) in [6, 6.07) is 1.71. The molecule has 1 aliphatic heterocycles. The molecule has 9 nitrogen and oxygen atoms in total. The van der Waals surface area contributed by atoms with Gasteiger partial charge in [-0.2, -0.15) is 0 Å². The Labute approximate surface area is 308 Å². The highest BCUT2D eigenvalue weighted by Crippen LogP contribution is 2.40. The highest BCUT2D eigenvalue weighted by molar-refractivity contribution is 6.00. The molecule has 5 atom stereocenters. The first-order valence-electron chi connectivity index (χ1n) is 20.3. The third kappa shape index (κ3) is 15.1. The molecule has 1 saturated carbocycles. The molecule has 290 valence electrons. The predicted octanol–water partition coefficient (Wildman–Crippen LogP) is 10.2. The number of hydrogen-bond donors (Lipinski definition) is 4. The number of Topliss-reactive ketones (excluding diaryl/α,β-unsaturated/α-hetero) is 1. The number of aromatic amines is 1. The van der Waals surface area contributed by atoms with Crippen LogP contribution in [0.5, 0.6) is 0 Å². The number of H-pyrrole nitrogens is 1. The standard InChI is InChI=1S/C42H71N3O6/c1-7-8-9-10-11-12-13-14-15-16-17-18-19-20-23-31(2)44-40(49)45-35-25-22-21-24-33(35)34(26-27-37(46)47)36-28-32(29-43-36)38(48)39-41(3,4)30-50-42(5,6)51-39/h14-15,28-29,31,33-35,39,43H,7-13,16-27,30H2,1-6H3,(H,46,47)(H2,44,45,49). The molecule has 2 fully saturated rings. The van der Waals surface area contributed by atoms with Crippen molar-refractivity contribution in [2.75, 3.05) is 6.61 Å². The van der Waals surface area contributed by atoms with Crippen molar-refractivity contribution >= 4 is 17.8 Å². The number of aliphatic carboxylic acids is 1.